The number of nitrogens with one attached hydrogen (secondary N) is 1. The lowest BCUT2D eigenvalue weighted by molar-refractivity contribution is 0.589. The molecule has 0 radical (unpaired) electrons. The second-order valence-electron chi connectivity index (χ2n) is 4.31. The van der Waals surface area contributed by atoms with Gasteiger partial charge >= 0.3 is 0 Å². The molecule has 0 saturated heterocycles. The van der Waals surface area contributed by atoms with Gasteiger partial charge in [-0.2, -0.15) is 0 Å². The predicted octanol–water partition coefficient (Wildman–Crippen LogP) is 1.91. The van der Waals surface area contributed by atoms with Crippen LogP contribution in [0.15, 0.2) is 24.3 Å². The summed E-state index contributed by atoms with van der Waals surface area (Å²) in [5.74, 6) is 0.520. The van der Waals surface area contributed by atoms with Crippen molar-refractivity contribution in [3.63, 3.8) is 0 Å². The molecule has 1 aromatic carbocycles. The van der Waals surface area contributed by atoms with Gasteiger partial charge in [-0.1, -0.05) is 36.8 Å². The van der Waals surface area contributed by atoms with E-state index in [2.05, 4.69) is 36.5 Å². The molecule has 0 aliphatic heterocycles. The van der Waals surface area contributed by atoms with Crippen LogP contribution in [0.25, 0.3) is 0 Å². The topological polar surface area (TPSA) is 46.2 Å². The van der Waals surface area contributed by atoms with E-state index < -0.39 is 9.84 Å². The van der Waals surface area contributed by atoms with Gasteiger partial charge in [-0.05, 0) is 18.9 Å². The number of sulfone groups is 1. The highest BCUT2D eigenvalue weighted by Crippen LogP contribution is 2.02. The summed E-state index contributed by atoms with van der Waals surface area (Å²) in [7, 11) is -2.86. The third kappa shape index (κ3) is 5.84. The fourth-order valence-corrected chi connectivity index (χ4v) is 2.86. The highest BCUT2D eigenvalue weighted by Gasteiger charge is 2.07. The van der Waals surface area contributed by atoms with Gasteiger partial charge in [0, 0.05) is 18.8 Å². The first-order valence-electron chi connectivity index (χ1n) is 6.00. The molecular weight excluding hydrogens is 234 g/mol. The quantitative estimate of drug-likeness (QED) is 0.757. The Morgan fingerprint density at radius 3 is 2.35 bits per heavy atom. The zero-order valence-corrected chi connectivity index (χ0v) is 11.4. The highest BCUT2D eigenvalue weighted by atomic mass is 32.2. The molecule has 96 valence electrons. The van der Waals surface area contributed by atoms with Crippen molar-refractivity contribution in [2.45, 2.75) is 26.8 Å². The molecule has 0 heterocycles. The minimum Gasteiger partial charge on any atom is -0.312 e. The molecule has 0 spiro atoms. The lowest BCUT2D eigenvalue weighted by Gasteiger charge is -2.06. The van der Waals surface area contributed by atoms with E-state index in [1.165, 1.54) is 11.1 Å². The molecule has 4 heteroatoms. The van der Waals surface area contributed by atoms with Crippen LogP contribution in [-0.4, -0.2) is 26.5 Å². The highest BCUT2D eigenvalue weighted by molar-refractivity contribution is 7.91. The second-order valence-corrected chi connectivity index (χ2v) is 6.62. The summed E-state index contributed by atoms with van der Waals surface area (Å²) in [6.07, 6.45) is 0.695. The van der Waals surface area contributed by atoms with E-state index in [1.54, 1.807) is 0 Å². The molecule has 1 N–H and O–H groups in total. The first-order chi connectivity index (χ1) is 8.03. The van der Waals surface area contributed by atoms with Gasteiger partial charge in [0.05, 0.1) is 5.75 Å². The van der Waals surface area contributed by atoms with Crippen LogP contribution in [-0.2, 0) is 16.4 Å². The minimum atomic E-state index is -2.86. The van der Waals surface area contributed by atoms with E-state index in [4.69, 9.17) is 0 Å². The molecule has 1 rings (SSSR count). The first-order valence-corrected chi connectivity index (χ1v) is 7.82. The Morgan fingerprint density at radius 1 is 1.12 bits per heavy atom. The van der Waals surface area contributed by atoms with Crippen LogP contribution in [0.1, 0.15) is 24.5 Å². The van der Waals surface area contributed by atoms with Crippen LogP contribution in [0, 0.1) is 6.92 Å². The molecule has 0 aromatic heterocycles. The monoisotopic (exact) mass is 255 g/mol. The van der Waals surface area contributed by atoms with Crippen LogP contribution < -0.4 is 5.32 Å². The van der Waals surface area contributed by atoms with Gasteiger partial charge in [0.25, 0.3) is 0 Å². The molecule has 0 saturated carbocycles. The Kier molecular flexibility index (Phi) is 5.65. The van der Waals surface area contributed by atoms with E-state index in [-0.39, 0.29) is 5.75 Å². The molecule has 0 aliphatic rings. The van der Waals surface area contributed by atoms with Crippen molar-refractivity contribution in [1.82, 2.24) is 5.32 Å². The predicted molar refractivity (Wildman–Crippen MR) is 71.8 cm³/mol. The summed E-state index contributed by atoms with van der Waals surface area (Å²) < 4.78 is 22.9. The van der Waals surface area contributed by atoms with E-state index in [1.807, 2.05) is 6.92 Å². The smallest absolute Gasteiger partial charge is 0.151 e. The van der Waals surface area contributed by atoms with Crippen LogP contribution in [0.4, 0.5) is 0 Å². The SMILES string of the molecule is CCCS(=O)(=O)CCNCc1ccc(C)cc1. The summed E-state index contributed by atoms with van der Waals surface area (Å²) in [4.78, 5) is 0. The maximum atomic E-state index is 11.4. The van der Waals surface area contributed by atoms with Crippen LogP contribution in [0.3, 0.4) is 0 Å². The Morgan fingerprint density at radius 2 is 1.76 bits per heavy atom. The van der Waals surface area contributed by atoms with Crippen molar-refractivity contribution in [1.29, 1.82) is 0 Å². The number of aryl methyl sites for hydroxylation is 1. The van der Waals surface area contributed by atoms with Gasteiger partial charge < -0.3 is 5.32 Å². The van der Waals surface area contributed by atoms with E-state index in [0.717, 1.165) is 6.54 Å². The van der Waals surface area contributed by atoms with Crippen molar-refractivity contribution in [3.8, 4) is 0 Å². The van der Waals surface area contributed by atoms with Gasteiger partial charge in [-0.3, -0.25) is 0 Å². The van der Waals surface area contributed by atoms with E-state index in [9.17, 15) is 8.42 Å². The van der Waals surface area contributed by atoms with Gasteiger partial charge in [0.2, 0.25) is 0 Å². The van der Waals surface area contributed by atoms with E-state index >= 15 is 0 Å². The normalized spacial score (nSPS) is 11.6. The maximum Gasteiger partial charge on any atom is 0.151 e. The third-order valence-corrected chi connectivity index (χ3v) is 4.41. The lowest BCUT2D eigenvalue weighted by Crippen LogP contribution is -2.24. The lowest BCUT2D eigenvalue weighted by atomic mass is 10.1. The van der Waals surface area contributed by atoms with Crippen molar-refractivity contribution in [2.24, 2.45) is 0 Å². The van der Waals surface area contributed by atoms with Crippen molar-refractivity contribution >= 4 is 9.84 Å². The van der Waals surface area contributed by atoms with Crippen molar-refractivity contribution in [2.75, 3.05) is 18.1 Å². The molecule has 0 atom stereocenters. The Labute approximate surface area is 104 Å². The van der Waals surface area contributed by atoms with Crippen LogP contribution >= 0.6 is 0 Å². The fourth-order valence-electron chi connectivity index (χ4n) is 1.58. The largest absolute Gasteiger partial charge is 0.312 e. The molecule has 17 heavy (non-hydrogen) atoms. The number of hydrogen-bond donors (Lipinski definition) is 1. The number of rotatable bonds is 7. The van der Waals surface area contributed by atoms with E-state index in [0.29, 0.717) is 18.7 Å². The average Bonchev–Trinajstić information content (AvgIpc) is 2.27. The van der Waals surface area contributed by atoms with Gasteiger partial charge in [-0.15, -0.1) is 0 Å². The standard InChI is InChI=1S/C13H21NO2S/c1-3-9-17(15,16)10-8-14-11-13-6-4-12(2)5-7-13/h4-7,14H,3,8-11H2,1-2H3. The zero-order valence-electron chi connectivity index (χ0n) is 10.6. The average molecular weight is 255 g/mol. The second kappa shape index (κ2) is 6.77. The summed E-state index contributed by atoms with van der Waals surface area (Å²) in [6, 6.07) is 8.24. The number of benzene rings is 1. The third-order valence-electron chi connectivity index (χ3n) is 2.55. The van der Waals surface area contributed by atoms with Gasteiger partial charge in [0.15, 0.2) is 9.84 Å². The Balaban J connectivity index is 2.27. The van der Waals surface area contributed by atoms with Gasteiger partial charge in [-0.25, -0.2) is 8.42 Å². The van der Waals surface area contributed by atoms with Crippen molar-refractivity contribution < 1.29 is 8.42 Å². The molecular formula is C13H21NO2S. The molecule has 3 nitrogen and oxygen atoms in total. The number of hydrogen-bond acceptors (Lipinski definition) is 3. The zero-order chi connectivity index (χ0) is 12.7. The summed E-state index contributed by atoms with van der Waals surface area (Å²) >= 11 is 0. The summed E-state index contributed by atoms with van der Waals surface area (Å²) in [5.41, 5.74) is 2.42. The first kappa shape index (κ1) is 14.2. The van der Waals surface area contributed by atoms with Gasteiger partial charge in [0.1, 0.15) is 0 Å². The fraction of sp³-hybridized carbons (Fsp3) is 0.538. The molecule has 0 unspecified atom stereocenters. The minimum absolute atomic E-state index is 0.229. The molecule has 1 aromatic rings. The van der Waals surface area contributed by atoms with Crippen molar-refractivity contribution in [3.05, 3.63) is 35.4 Å². The van der Waals surface area contributed by atoms with Crippen LogP contribution in [0.5, 0.6) is 0 Å². The summed E-state index contributed by atoms with van der Waals surface area (Å²) in [6.45, 7) is 5.18. The molecule has 0 aliphatic carbocycles. The molecule has 0 bridgehead atoms. The Hall–Kier alpha value is -0.870. The molecule has 0 amide bonds. The maximum absolute atomic E-state index is 11.4. The van der Waals surface area contributed by atoms with Crippen LogP contribution in [0.2, 0.25) is 0 Å². The Bertz CT molecular complexity index is 423. The molecule has 0 fully saturated rings. The summed E-state index contributed by atoms with van der Waals surface area (Å²) in [5, 5.41) is 3.16.